The van der Waals surface area contributed by atoms with E-state index in [-0.39, 0.29) is 55.3 Å². The van der Waals surface area contributed by atoms with Gasteiger partial charge in [-0.2, -0.15) is 11.8 Å². The van der Waals surface area contributed by atoms with Crippen LogP contribution in [0.2, 0.25) is 0 Å². The van der Waals surface area contributed by atoms with Gasteiger partial charge in [0, 0.05) is 97.7 Å². The van der Waals surface area contributed by atoms with E-state index in [9.17, 15) is 19.2 Å². The van der Waals surface area contributed by atoms with Crippen molar-refractivity contribution in [1.82, 2.24) is 60.6 Å². The molecule has 4 aromatic rings. The molecule has 0 radical (unpaired) electrons. The molecule has 3 saturated heterocycles. The number of rotatable bonds is 15. The van der Waals surface area contributed by atoms with E-state index in [1.807, 2.05) is 54.0 Å². The fraction of sp³-hybridized carbons (Fsp3) is 0.581. The van der Waals surface area contributed by atoms with Gasteiger partial charge >= 0.3 is 6.03 Å². The quantitative estimate of drug-likeness (QED) is 0.0679. The van der Waals surface area contributed by atoms with Crippen LogP contribution in [0.25, 0.3) is 27.1 Å². The molecule has 0 spiro atoms. The minimum Gasteiger partial charge on any atom is -0.661 e. The minimum atomic E-state index is -0.270. The number of hydrogen-bond donors (Lipinski definition) is 3. The molecule has 0 bridgehead atoms. The van der Waals surface area contributed by atoms with Crippen molar-refractivity contribution in [3.8, 4) is 5.69 Å². The second-order valence-corrected chi connectivity index (χ2v) is 17.8. The van der Waals surface area contributed by atoms with Crippen molar-refractivity contribution < 1.29 is 38.7 Å². The number of hydrogen-bond acceptors (Lipinski definition) is 11. The van der Waals surface area contributed by atoms with Crippen LogP contribution in [0.4, 0.5) is 4.79 Å². The molecule has 0 aliphatic carbocycles. The molecule has 5 amide bonds. The van der Waals surface area contributed by atoms with Crippen molar-refractivity contribution in [2.45, 2.75) is 88.8 Å². The zero-order valence-electron chi connectivity index (χ0n) is 36.3. The summed E-state index contributed by atoms with van der Waals surface area (Å²) in [5.41, 5.74) is 3.60. The van der Waals surface area contributed by atoms with Crippen LogP contribution in [-0.4, -0.2) is 157 Å². The average molecular weight is 932 g/mol. The summed E-state index contributed by atoms with van der Waals surface area (Å²) >= 11 is 1.91. The number of carbonyl (C=O) groups excluding carboxylic acids is 4. The largest absolute Gasteiger partial charge is 0.661 e. The molecule has 3 N–H and O–H groups in total. The Morgan fingerprint density at radius 2 is 1.56 bits per heavy atom. The van der Waals surface area contributed by atoms with Crippen LogP contribution in [0.1, 0.15) is 84.0 Å². The average Bonchev–Trinajstić information content (AvgIpc) is 4.08. The van der Waals surface area contributed by atoms with E-state index < -0.39 is 0 Å². The summed E-state index contributed by atoms with van der Waals surface area (Å²) in [6.07, 6.45) is 9.96. The Balaban J connectivity index is 0.00000595. The van der Waals surface area contributed by atoms with E-state index in [0.717, 1.165) is 119 Å². The summed E-state index contributed by atoms with van der Waals surface area (Å²) in [4.78, 5) is 56.3. The number of nitrogens with zero attached hydrogens (tertiary/aromatic N) is 11. The summed E-state index contributed by atoms with van der Waals surface area (Å²) in [5, 5.41) is 38.5. The molecule has 1 unspecified atom stereocenters. The third-order valence-electron chi connectivity index (χ3n) is 12.1. The molecular weight excluding hydrogens is 874 g/mol. The molecule has 2 aromatic carbocycles. The van der Waals surface area contributed by atoms with Crippen molar-refractivity contribution in [2.75, 3.05) is 71.2 Å². The third kappa shape index (κ3) is 11.7. The molecule has 3 fully saturated rings. The van der Waals surface area contributed by atoms with Crippen molar-refractivity contribution in [2.24, 2.45) is 0 Å². The van der Waals surface area contributed by atoms with Gasteiger partial charge in [-0.3, -0.25) is 33.8 Å². The first kappa shape index (κ1) is 46.7. The van der Waals surface area contributed by atoms with Gasteiger partial charge in [0.25, 0.3) is 11.8 Å². The predicted octanol–water partition coefficient (Wildman–Crippen LogP) is 3.70. The van der Waals surface area contributed by atoms with E-state index in [1.54, 1.807) is 16.8 Å². The predicted molar refractivity (Wildman–Crippen MR) is 237 cm³/mol. The number of aromatic nitrogens is 6. The molecule has 18 nitrogen and oxygen atoms in total. The molecule has 0 saturated carbocycles. The van der Waals surface area contributed by atoms with Crippen molar-refractivity contribution in [3.05, 3.63) is 75.9 Å². The van der Waals surface area contributed by atoms with Gasteiger partial charge in [0.15, 0.2) is 0 Å². The van der Waals surface area contributed by atoms with Crippen molar-refractivity contribution >= 4 is 46.3 Å². The van der Waals surface area contributed by atoms with Gasteiger partial charge in [0.2, 0.25) is 5.91 Å². The molecular formula is C43H58N14O4SZn-2. The monoisotopic (exact) mass is 930 g/mol. The summed E-state index contributed by atoms with van der Waals surface area (Å²) < 4.78 is 3.60. The van der Waals surface area contributed by atoms with Crippen LogP contribution >= 0.6 is 11.8 Å². The number of benzene rings is 2. The maximum absolute atomic E-state index is 13.1. The van der Waals surface area contributed by atoms with E-state index in [0.29, 0.717) is 60.9 Å². The Morgan fingerprint density at radius 1 is 0.841 bits per heavy atom. The third-order valence-corrected chi connectivity index (χ3v) is 13.6. The van der Waals surface area contributed by atoms with Crippen molar-refractivity contribution in [1.29, 1.82) is 0 Å². The van der Waals surface area contributed by atoms with Gasteiger partial charge in [0.05, 0.1) is 35.4 Å². The summed E-state index contributed by atoms with van der Waals surface area (Å²) in [6.45, 7) is 11.2. The zero-order valence-corrected chi connectivity index (χ0v) is 40.1. The number of urea groups is 1. The fourth-order valence-electron chi connectivity index (χ4n) is 8.92. The first-order chi connectivity index (χ1) is 30.3. The molecule has 4 aliphatic rings. The molecule has 6 heterocycles. The van der Waals surface area contributed by atoms with Gasteiger partial charge in [-0.1, -0.05) is 41.8 Å². The molecule has 4 aliphatic heterocycles. The second kappa shape index (κ2) is 22.5. The van der Waals surface area contributed by atoms with E-state index in [2.05, 4.69) is 46.4 Å². The van der Waals surface area contributed by atoms with Gasteiger partial charge in [-0.05, 0) is 70.6 Å². The van der Waals surface area contributed by atoms with Crippen molar-refractivity contribution in [3.63, 3.8) is 0 Å². The molecule has 2 aromatic heterocycles. The number of carbonyl (C=O) groups is 4. The zero-order chi connectivity index (χ0) is 42.8. The second-order valence-electron chi connectivity index (χ2n) is 16.5. The SMILES string of the molecule is CCN1C(=O)c2cccc3c(-n4cc(CN5CCC[N-]CCN(Cc6cn(CCCNC(=O)CCCCC7SC[C@@H]8NC(=O)N[C@H]78)nn6)CCC[N-]CC5)nn4)ccc(c23)C1=O.[Zn]. The number of amides is 5. The Kier molecular flexibility index (Phi) is 16.7. The van der Waals surface area contributed by atoms with Crippen LogP contribution in [0, 0.1) is 0 Å². The molecule has 8 rings (SSSR count). The van der Waals surface area contributed by atoms with Crippen LogP contribution in [0.3, 0.4) is 0 Å². The Morgan fingerprint density at radius 3 is 2.30 bits per heavy atom. The van der Waals surface area contributed by atoms with Crippen LogP contribution in [-0.2, 0) is 43.9 Å². The maximum atomic E-state index is 13.1. The number of thioether (sulfide) groups is 1. The number of unbranched alkanes of at least 4 members (excludes halogenated alkanes) is 1. The smallest absolute Gasteiger partial charge is 0.315 e. The number of fused-ring (bicyclic) bond motifs is 1. The number of aryl methyl sites for hydroxylation is 1. The van der Waals surface area contributed by atoms with Gasteiger partial charge in [-0.15, -0.1) is 36.4 Å². The van der Waals surface area contributed by atoms with E-state index in [1.165, 1.54) is 4.90 Å². The Hall–Kier alpha value is -4.33. The number of nitrogens with one attached hydrogen (secondary N) is 3. The van der Waals surface area contributed by atoms with Gasteiger partial charge in [-0.25, -0.2) is 9.48 Å². The molecule has 3 atom stereocenters. The first-order valence-corrected chi connectivity index (χ1v) is 23.3. The summed E-state index contributed by atoms with van der Waals surface area (Å²) in [5.74, 6) is 0.503. The summed E-state index contributed by atoms with van der Waals surface area (Å²) in [6, 6.07) is 9.63. The molecule has 334 valence electrons. The van der Waals surface area contributed by atoms with Crippen LogP contribution in [0.15, 0.2) is 42.7 Å². The van der Waals surface area contributed by atoms with Crippen LogP contribution in [0.5, 0.6) is 0 Å². The molecule has 63 heavy (non-hydrogen) atoms. The fourth-order valence-corrected chi connectivity index (χ4v) is 10.5. The van der Waals surface area contributed by atoms with Gasteiger partial charge < -0.3 is 26.6 Å². The Labute approximate surface area is 385 Å². The van der Waals surface area contributed by atoms with E-state index in [4.69, 9.17) is 10.6 Å². The summed E-state index contributed by atoms with van der Waals surface area (Å²) in [7, 11) is 0. The topological polar surface area (TPSA) is 204 Å². The first-order valence-electron chi connectivity index (χ1n) is 22.2. The van der Waals surface area contributed by atoms with E-state index >= 15 is 0 Å². The van der Waals surface area contributed by atoms with Gasteiger partial charge in [0.1, 0.15) is 0 Å². The molecule has 20 heteroatoms. The minimum absolute atomic E-state index is 0. The maximum Gasteiger partial charge on any atom is 0.315 e. The van der Waals surface area contributed by atoms with Crippen LogP contribution < -0.4 is 16.0 Å². The standard InChI is InChI=1S/C43H58N14O4S.Zn/c1-2-56-41(59)33-10-5-9-32-36(14-13-34(39(32)33)42(56)60)57-28-31(50-52-57)26-54-21-7-16-44-18-23-53(20-6-15-45-19-24-54)25-30-27-55(51-49-30)22-8-17-46-38(58)12-4-3-11-37-40-35(29-62-37)47-43(61)48-40;/h5,9-10,13-14,27-28,35,37,40H,2-4,6-8,11-12,15-26,29H2,1H3,(H,46,58)(H2,47,48,61);/q-2;/t35-,37?,40-;/m0./s1. The number of imide groups is 1. The Bertz CT molecular complexity index is 2160. The normalized spacial score (nSPS) is 21.4.